The van der Waals surface area contributed by atoms with Crippen LogP contribution in [0.3, 0.4) is 0 Å². The van der Waals surface area contributed by atoms with Gasteiger partial charge in [0.1, 0.15) is 12.3 Å². The summed E-state index contributed by atoms with van der Waals surface area (Å²) < 4.78 is 5.44. The van der Waals surface area contributed by atoms with Gasteiger partial charge in [0.25, 0.3) is 0 Å². The average Bonchev–Trinajstić information content (AvgIpc) is 2.84. The molecule has 0 unspecified atom stereocenters. The molecule has 0 bridgehead atoms. The van der Waals surface area contributed by atoms with Crippen LogP contribution in [0.4, 0.5) is 0 Å². The summed E-state index contributed by atoms with van der Waals surface area (Å²) in [6.45, 7) is 4.83. The molecule has 0 saturated heterocycles. The molecule has 21 heavy (non-hydrogen) atoms. The smallest absolute Gasteiger partial charge is 0.323 e. The zero-order valence-corrected chi connectivity index (χ0v) is 12.5. The second-order valence-electron chi connectivity index (χ2n) is 5.78. The Balaban J connectivity index is 2.05. The highest BCUT2D eigenvalue weighted by Gasteiger charge is 2.19. The minimum atomic E-state index is -0.980. The number of aliphatic carboxylic acids is 1. The third-order valence-corrected chi connectivity index (χ3v) is 3.37. The Hall–Kier alpha value is -2.04. The molecule has 0 fully saturated rings. The molecule has 1 aromatic carbocycles. The summed E-state index contributed by atoms with van der Waals surface area (Å²) in [5.41, 5.74) is 2.03. The molecule has 0 aliphatic carbocycles. The highest BCUT2D eigenvalue weighted by atomic mass is 16.5. The molecule has 0 aromatic heterocycles. The highest BCUT2D eigenvalue weighted by molar-refractivity contribution is 5.83. The Morgan fingerprint density at radius 1 is 1.38 bits per heavy atom. The van der Waals surface area contributed by atoms with Crippen molar-refractivity contribution < 1.29 is 19.4 Å². The maximum Gasteiger partial charge on any atom is 0.323 e. The molecule has 1 N–H and O–H groups in total. The minimum absolute atomic E-state index is 0.148. The van der Waals surface area contributed by atoms with Gasteiger partial charge in [-0.3, -0.25) is 9.59 Å². The third kappa shape index (κ3) is 4.21. The van der Waals surface area contributed by atoms with Crippen LogP contribution in [-0.4, -0.2) is 41.6 Å². The van der Waals surface area contributed by atoms with Gasteiger partial charge in [0, 0.05) is 13.0 Å². The van der Waals surface area contributed by atoms with Gasteiger partial charge in [0.15, 0.2) is 0 Å². The van der Waals surface area contributed by atoms with E-state index in [-0.39, 0.29) is 24.8 Å². The molecule has 1 heterocycles. The molecule has 0 saturated carbocycles. The van der Waals surface area contributed by atoms with Gasteiger partial charge in [-0.2, -0.15) is 0 Å². The van der Waals surface area contributed by atoms with Crippen LogP contribution in [0.25, 0.3) is 0 Å². The van der Waals surface area contributed by atoms with Crippen LogP contribution in [-0.2, 0) is 22.4 Å². The van der Waals surface area contributed by atoms with Crippen molar-refractivity contribution >= 4 is 11.9 Å². The SMILES string of the molecule is CC(C)CN(CC(=O)O)C(=O)Cc1ccc2c(c1)CCO2. The number of rotatable bonds is 6. The van der Waals surface area contributed by atoms with Crippen LogP contribution < -0.4 is 4.74 Å². The van der Waals surface area contributed by atoms with Crippen LogP contribution in [0, 0.1) is 5.92 Å². The van der Waals surface area contributed by atoms with E-state index in [0.29, 0.717) is 13.2 Å². The van der Waals surface area contributed by atoms with E-state index in [1.807, 2.05) is 32.0 Å². The van der Waals surface area contributed by atoms with Crippen LogP contribution in [0.5, 0.6) is 5.75 Å². The number of hydrogen-bond donors (Lipinski definition) is 1. The second kappa shape index (κ2) is 6.61. The quantitative estimate of drug-likeness (QED) is 0.867. The zero-order valence-electron chi connectivity index (χ0n) is 12.5. The molecule has 1 amide bonds. The van der Waals surface area contributed by atoms with Crippen molar-refractivity contribution in [3.05, 3.63) is 29.3 Å². The number of fused-ring (bicyclic) bond motifs is 1. The lowest BCUT2D eigenvalue weighted by molar-refractivity contribution is -0.144. The van der Waals surface area contributed by atoms with Crippen LogP contribution in [0.1, 0.15) is 25.0 Å². The van der Waals surface area contributed by atoms with Gasteiger partial charge in [0.05, 0.1) is 13.0 Å². The molecule has 2 rings (SSSR count). The number of hydrogen-bond acceptors (Lipinski definition) is 3. The van der Waals surface area contributed by atoms with Crippen LogP contribution in [0.15, 0.2) is 18.2 Å². The van der Waals surface area contributed by atoms with Gasteiger partial charge in [-0.05, 0) is 23.1 Å². The molecule has 0 radical (unpaired) electrons. The zero-order chi connectivity index (χ0) is 15.4. The summed E-state index contributed by atoms with van der Waals surface area (Å²) in [4.78, 5) is 24.6. The van der Waals surface area contributed by atoms with E-state index in [2.05, 4.69) is 0 Å². The topological polar surface area (TPSA) is 66.8 Å². The van der Waals surface area contributed by atoms with Gasteiger partial charge in [-0.1, -0.05) is 26.0 Å². The number of nitrogens with zero attached hydrogens (tertiary/aromatic N) is 1. The van der Waals surface area contributed by atoms with Crippen molar-refractivity contribution in [2.45, 2.75) is 26.7 Å². The van der Waals surface area contributed by atoms with E-state index >= 15 is 0 Å². The number of carbonyl (C=O) groups excluding carboxylic acids is 1. The van der Waals surface area contributed by atoms with E-state index < -0.39 is 5.97 Å². The number of amides is 1. The Morgan fingerprint density at radius 2 is 2.14 bits per heavy atom. The standard InChI is InChI=1S/C16H21NO4/c1-11(2)9-17(10-16(19)20)15(18)8-12-3-4-14-13(7-12)5-6-21-14/h3-4,7,11H,5-6,8-10H2,1-2H3,(H,19,20). The molecule has 5 heteroatoms. The molecule has 1 aliphatic rings. The fourth-order valence-electron chi connectivity index (χ4n) is 2.49. The van der Waals surface area contributed by atoms with E-state index in [0.717, 1.165) is 23.3 Å². The van der Waals surface area contributed by atoms with Crippen molar-refractivity contribution in [1.29, 1.82) is 0 Å². The maximum absolute atomic E-state index is 12.3. The second-order valence-corrected chi connectivity index (χ2v) is 5.78. The van der Waals surface area contributed by atoms with Crippen LogP contribution >= 0.6 is 0 Å². The molecule has 0 atom stereocenters. The number of carbonyl (C=O) groups is 2. The van der Waals surface area contributed by atoms with Crippen LogP contribution in [0.2, 0.25) is 0 Å². The van der Waals surface area contributed by atoms with Gasteiger partial charge >= 0.3 is 5.97 Å². The Kier molecular flexibility index (Phi) is 4.83. The predicted molar refractivity (Wildman–Crippen MR) is 78.4 cm³/mol. The Morgan fingerprint density at radius 3 is 2.81 bits per heavy atom. The van der Waals surface area contributed by atoms with E-state index in [4.69, 9.17) is 9.84 Å². The Labute approximate surface area is 124 Å². The van der Waals surface area contributed by atoms with Crippen molar-refractivity contribution in [3.8, 4) is 5.75 Å². The Bertz CT molecular complexity index is 539. The number of carboxylic acid groups (broad SMARTS) is 1. The number of carboxylic acids is 1. The lowest BCUT2D eigenvalue weighted by Crippen LogP contribution is -2.39. The number of benzene rings is 1. The maximum atomic E-state index is 12.3. The van der Waals surface area contributed by atoms with Crippen molar-refractivity contribution in [1.82, 2.24) is 4.90 Å². The molecule has 114 valence electrons. The third-order valence-electron chi connectivity index (χ3n) is 3.37. The van der Waals surface area contributed by atoms with Gasteiger partial charge in [-0.25, -0.2) is 0 Å². The normalized spacial score (nSPS) is 12.9. The summed E-state index contributed by atoms with van der Waals surface area (Å²) >= 11 is 0. The monoisotopic (exact) mass is 291 g/mol. The highest BCUT2D eigenvalue weighted by Crippen LogP contribution is 2.26. The first kappa shape index (κ1) is 15.4. The van der Waals surface area contributed by atoms with Gasteiger partial charge in [0.2, 0.25) is 5.91 Å². The average molecular weight is 291 g/mol. The summed E-state index contributed by atoms with van der Waals surface area (Å²) in [5.74, 6) is -0.00573. The van der Waals surface area contributed by atoms with E-state index in [1.165, 1.54) is 4.90 Å². The summed E-state index contributed by atoms with van der Waals surface area (Å²) in [7, 11) is 0. The summed E-state index contributed by atoms with van der Waals surface area (Å²) in [5, 5.41) is 8.93. The first-order chi connectivity index (χ1) is 9.95. The first-order valence-corrected chi connectivity index (χ1v) is 7.20. The minimum Gasteiger partial charge on any atom is -0.493 e. The molecule has 1 aliphatic heterocycles. The lowest BCUT2D eigenvalue weighted by Gasteiger charge is -2.22. The largest absolute Gasteiger partial charge is 0.493 e. The molecule has 0 spiro atoms. The number of ether oxygens (including phenoxy) is 1. The van der Waals surface area contributed by atoms with Gasteiger partial charge < -0.3 is 14.7 Å². The van der Waals surface area contributed by atoms with Crippen molar-refractivity contribution in [2.75, 3.05) is 19.7 Å². The van der Waals surface area contributed by atoms with Crippen molar-refractivity contribution in [2.24, 2.45) is 5.92 Å². The fourth-order valence-corrected chi connectivity index (χ4v) is 2.49. The summed E-state index contributed by atoms with van der Waals surface area (Å²) in [6.07, 6.45) is 1.09. The van der Waals surface area contributed by atoms with E-state index in [1.54, 1.807) is 0 Å². The van der Waals surface area contributed by atoms with Gasteiger partial charge in [-0.15, -0.1) is 0 Å². The summed E-state index contributed by atoms with van der Waals surface area (Å²) in [6, 6.07) is 5.74. The van der Waals surface area contributed by atoms with Crippen molar-refractivity contribution in [3.63, 3.8) is 0 Å². The molecule has 1 aromatic rings. The molecule has 5 nitrogen and oxygen atoms in total. The lowest BCUT2D eigenvalue weighted by atomic mass is 10.1. The van der Waals surface area contributed by atoms with E-state index in [9.17, 15) is 9.59 Å². The predicted octanol–water partition coefficient (Wildman–Crippen LogP) is 1.73. The molecular weight excluding hydrogens is 270 g/mol. The fraction of sp³-hybridized carbons (Fsp3) is 0.500. The molecular formula is C16H21NO4. The first-order valence-electron chi connectivity index (χ1n) is 7.20.